The van der Waals surface area contributed by atoms with Crippen LogP contribution in [0.25, 0.3) is 0 Å². The summed E-state index contributed by atoms with van der Waals surface area (Å²) in [6.45, 7) is 3.93. The first kappa shape index (κ1) is 8.80. The standard InChI is InChI=1S/C8H13N3O/c1-6(2)12-7-3-4-8(11-9)10-5-7/h3-6H,9H2,1-2H3,(H,10,11). The van der Waals surface area contributed by atoms with E-state index >= 15 is 0 Å². The van der Waals surface area contributed by atoms with Gasteiger partial charge in [0.1, 0.15) is 11.6 Å². The highest BCUT2D eigenvalue weighted by molar-refractivity contribution is 5.35. The number of rotatable bonds is 3. The molecule has 1 rings (SSSR count). The van der Waals surface area contributed by atoms with E-state index in [1.165, 1.54) is 0 Å². The van der Waals surface area contributed by atoms with Crippen LogP contribution >= 0.6 is 0 Å². The highest BCUT2D eigenvalue weighted by Gasteiger charge is 1.97. The first-order chi connectivity index (χ1) is 5.72. The smallest absolute Gasteiger partial charge is 0.140 e. The Balaban J connectivity index is 2.65. The van der Waals surface area contributed by atoms with Crippen molar-refractivity contribution in [2.24, 2.45) is 5.84 Å². The Kier molecular flexibility index (Phi) is 2.88. The van der Waals surface area contributed by atoms with Crippen LogP contribution in [0, 0.1) is 0 Å². The number of hydrogen-bond donors (Lipinski definition) is 2. The second-order valence-electron chi connectivity index (χ2n) is 2.69. The molecule has 66 valence electrons. The van der Waals surface area contributed by atoms with Gasteiger partial charge in [0.25, 0.3) is 0 Å². The Morgan fingerprint density at radius 2 is 2.25 bits per heavy atom. The third-order valence-electron chi connectivity index (χ3n) is 1.26. The van der Waals surface area contributed by atoms with Crippen LogP contribution in [0.4, 0.5) is 5.82 Å². The lowest BCUT2D eigenvalue weighted by molar-refractivity contribution is 0.241. The largest absolute Gasteiger partial charge is 0.489 e. The predicted octanol–water partition coefficient (Wildman–Crippen LogP) is 1.15. The molecule has 3 N–H and O–H groups in total. The van der Waals surface area contributed by atoms with Crippen molar-refractivity contribution in [2.75, 3.05) is 5.43 Å². The van der Waals surface area contributed by atoms with Crippen molar-refractivity contribution in [1.82, 2.24) is 4.98 Å². The lowest BCUT2D eigenvalue weighted by Crippen LogP contribution is -2.09. The average Bonchev–Trinajstić information content (AvgIpc) is 2.05. The number of pyridine rings is 1. The van der Waals surface area contributed by atoms with E-state index in [2.05, 4.69) is 10.4 Å². The maximum atomic E-state index is 5.38. The van der Waals surface area contributed by atoms with Crippen molar-refractivity contribution >= 4 is 5.82 Å². The number of nitrogens with one attached hydrogen (secondary N) is 1. The van der Waals surface area contributed by atoms with Gasteiger partial charge in [0.2, 0.25) is 0 Å². The van der Waals surface area contributed by atoms with Gasteiger partial charge in [-0.15, -0.1) is 0 Å². The summed E-state index contributed by atoms with van der Waals surface area (Å²) in [5.41, 5.74) is 2.44. The van der Waals surface area contributed by atoms with E-state index in [-0.39, 0.29) is 6.10 Å². The Labute approximate surface area is 71.7 Å². The summed E-state index contributed by atoms with van der Waals surface area (Å²) in [5, 5.41) is 0. The molecule has 0 amide bonds. The topological polar surface area (TPSA) is 60.2 Å². The fourth-order valence-electron chi connectivity index (χ4n) is 0.808. The SMILES string of the molecule is CC(C)Oc1ccc(NN)nc1. The van der Waals surface area contributed by atoms with E-state index in [0.29, 0.717) is 5.82 Å². The Hall–Kier alpha value is -1.29. The van der Waals surface area contributed by atoms with Gasteiger partial charge >= 0.3 is 0 Å². The van der Waals surface area contributed by atoms with Gasteiger partial charge in [-0.25, -0.2) is 10.8 Å². The molecule has 1 heterocycles. The zero-order chi connectivity index (χ0) is 8.97. The summed E-state index contributed by atoms with van der Waals surface area (Å²) in [6.07, 6.45) is 1.80. The Morgan fingerprint density at radius 3 is 2.67 bits per heavy atom. The third-order valence-corrected chi connectivity index (χ3v) is 1.26. The Morgan fingerprint density at radius 1 is 1.50 bits per heavy atom. The van der Waals surface area contributed by atoms with Crippen LogP contribution in [0.3, 0.4) is 0 Å². The van der Waals surface area contributed by atoms with Gasteiger partial charge in [-0.3, -0.25) is 0 Å². The lowest BCUT2D eigenvalue weighted by Gasteiger charge is -2.08. The fourth-order valence-corrected chi connectivity index (χ4v) is 0.808. The summed E-state index contributed by atoms with van der Waals surface area (Å²) in [6, 6.07) is 3.58. The second-order valence-corrected chi connectivity index (χ2v) is 2.69. The number of ether oxygens (including phenoxy) is 1. The maximum absolute atomic E-state index is 5.38. The van der Waals surface area contributed by atoms with E-state index in [1.54, 1.807) is 12.3 Å². The predicted molar refractivity (Wildman–Crippen MR) is 47.8 cm³/mol. The van der Waals surface area contributed by atoms with Crippen molar-refractivity contribution in [2.45, 2.75) is 20.0 Å². The van der Waals surface area contributed by atoms with E-state index in [0.717, 1.165) is 5.75 Å². The molecule has 12 heavy (non-hydrogen) atoms. The zero-order valence-electron chi connectivity index (χ0n) is 7.24. The summed E-state index contributed by atoms with van der Waals surface area (Å²) < 4.78 is 5.38. The molecule has 0 spiro atoms. The van der Waals surface area contributed by atoms with Gasteiger partial charge in [-0.05, 0) is 26.0 Å². The van der Waals surface area contributed by atoms with Crippen molar-refractivity contribution in [3.63, 3.8) is 0 Å². The summed E-state index contributed by atoms with van der Waals surface area (Å²) in [5.74, 6) is 6.53. The molecule has 4 heteroatoms. The van der Waals surface area contributed by atoms with E-state index in [1.807, 2.05) is 19.9 Å². The maximum Gasteiger partial charge on any atom is 0.140 e. The molecule has 0 saturated heterocycles. The van der Waals surface area contributed by atoms with E-state index in [9.17, 15) is 0 Å². The third kappa shape index (κ3) is 2.39. The van der Waals surface area contributed by atoms with Gasteiger partial charge in [0, 0.05) is 0 Å². The molecular formula is C8H13N3O. The Bertz CT molecular complexity index is 233. The van der Waals surface area contributed by atoms with Crippen molar-refractivity contribution in [1.29, 1.82) is 0 Å². The molecule has 0 unspecified atom stereocenters. The minimum Gasteiger partial charge on any atom is -0.489 e. The van der Waals surface area contributed by atoms with Crippen LogP contribution in [0.2, 0.25) is 0 Å². The number of aromatic nitrogens is 1. The summed E-state index contributed by atoms with van der Waals surface area (Å²) >= 11 is 0. The van der Waals surface area contributed by atoms with Crippen molar-refractivity contribution in [3.05, 3.63) is 18.3 Å². The number of nitrogen functional groups attached to an aromatic ring is 1. The molecule has 4 nitrogen and oxygen atoms in total. The first-order valence-corrected chi connectivity index (χ1v) is 3.81. The normalized spacial score (nSPS) is 10.0. The van der Waals surface area contributed by atoms with Crippen molar-refractivity contribution in [3.8, 4) is 5.75 Å². The lowest BCUT2D eigenvalue weighted by atomic mass is 10.4. The zero-order valence-corrected chi connectivity index (χ0v) is 7.24. The molecule has 1 aromatic heterocycles. The van der Waals surface area contributed by atoms with Crippen LogP contribution in [0.5, 0.6) is 5.75 Å². The van der Waals surface area contributed by atoms with Crippen LogP contribution in [0.1, 0.15) is 13.8 Å². The fraction of sp³-hybridized carbons (Fsp3) is 0.375. The monoisotopic (exact) mass is 167 g/mol. The van der Waals surface area contributed by atoms with Crippen LogP contribution in [0.15, 0.2) is 18.3 Å². The molecule has 0 aliphatic heterocycles. The molecule has 0 aliphatic carbocycles. The quantitative estimate of drug-likeness (QED) is 0.523. The highest BCUT2D eigenvalue weighted by atomic mass is 16.5. The van der Waals surface area contributed by atoms with Crippen LogP contribution in [-0.4, -0.2) is 11.1 Å². The minimum atomic E-state index is 0.170. The molecule has 0 radical (unpaired) electrons. The van der Waals surface area contributed by atoms with Gasteiger partial charge in [0.15, 0.2) is 0 Å². The van der Waals surface area contributed by atoms with E-state index < -0.39 is 0 Å². The minimum absolute atomic E-state index is 0.170. The molecular weight excluding hydrogens is 154 g/mol. The van der Waals surface area contributed by atoms with Crippen LogP contribution in [-0.2, 0) is 0 Å². The van der Waals surface area contributed by atoms with Gasteiger partial charge in [0.05, 0.1) is 12.3 Å². The molecule has 0 fully saturated rings. The average molecular weight is 167 g/mol. The van der Waals surface area contributed by atoms with Gasteiger partial charge in [-0.2, -0.15) is 0 Å². The number of hydrogen-bond acceptors (Lipinski definition) is 4. The molecule has 0 atom stereocenters. The summed E-state index contributed by atoms with van der Waals surface area (Å²) in [4.78, 5) is 3.99. The van der Waals surface area contributed by atoms with Crippen LogP contribution < -0.4 is 16.0 Å². The highest BCUT2D eigenvalue weighted by Crippen LogP contribution is 2.12. The summed E-state index contributed by atoms with van der Waals surface area (Å²) in [7, 11) is 0. The second kappa shape index (κ2) is 3.92. The number of anilines is 1. The van der Waals surface area contributed by atoms with Crippen molar-refractivity contribution < 1.29 is 4.74 Å². The number of hydrazine groups is 1. The van der Waals surface area contributed by atoms with Gasteiger partial charge in [-0.1, -0.05) is 0 Å². The number of nitrogens with zero attached hydrogens (tertiary/aromatic N) is 1. The molecule has 0 saturated carbocycles. The molecule has 1 aromatic rings. The molecule has 0 bridgehead atoms. The van der Waals surface area contributed by atoms with Gasteiger partial charge < -0.3 is 10.2 Å². The molecule has 0 aliphatic rings. The first-order valence-electron chi connectivity index (χ1n) is 3.81. The van der Waals surface area contributed by atoms with E-state index in [4.69, 9.17) is 10.6 Å². The molecule has 0 aromatic carbocycles. The number of nitrogens with two attached hydrogens (primary N) is 1.